The van der Waals surface area contributed by atoms with Crippen LogP contribution in [0.4, 0.5) is 0 Å². The minimum Gasteiger partial charge on any atom is -0.458 e. The number of carbonyl (C=O) groups excluding carboxylic acids is 2. The molecule has 1 amide bonds. The van der Waals surface area contributed by atoms with Gasteiger partial charge >= 0.3 is 5.97 Å². The van der Waals surface area contributed by atoms with Crippen LogP contribution in [0.3, 0.4) is 0 Å². The van der Waals surface area contributed by atoms with Crippen LogP contribution in [0.1, 0.15) is 53.9 Å². The summed E-state index contributed by atoms with van der Waals surface area (Å²) in [7, 11) is 0. The monoisotopic (exact) mass is 301 g/mol. The van der Waals surface area contributed by atoms with E-state index in [9.17, 15) is 9.59 Å². The summed E-state index contributed by atoms with van der Waals surface area (Å²) in [5, 5.41) is 2.85. The molecule has 4 nitrogen and oxygen atoms in total. The molecular weight excluding hydrogens is 274 g/mol. The lowest BCUT2D eigenvalue weighted by molar-refractivity contribution is -0.160. The van der Waals surface area contributed by atoms with Crippen LogP contribution in [-0.4, -0.2) is 34.5 Å². The summed E-state index contributed by atoms with van der Waals surface area (Å²) >= 11 is 1.69. The maximum absolute atomic E-state index is 12.2. The smallest absolute Gasteiger partial charge is 0.329 e. The molecule has 1 aliphatic rings. The summed E-state index contributed by atoms with van der Waals surface area (Å²) < 4.78 is 5.39. The molecular formula is C15H27NO3S. The lowest BCUT2D eigenvalue weighted by atomic mass is 10.0. The van der Waals surface area contributed by atoms with Crippen LogP contribution >= 0.6 is 11.8 Å². The number of hydrogen-bond donors (Lipinski definition) is 1. The van der Waals surface area contributed by atoms with Gasteiger partial charge in [0.05, 0.1) is 5.25 Å². The molecule has 116 valence electrons. The summed E-state index contributed by atoms with van der Waals surface area (Å²) in [5.74, 6) is 0.667. The van der Waals surface area contributed by atoms with Gasteiger partial charge in [-0.2, -0.15) is 0 Å². The quantitative estimate of drug-likeness (QED) is 0.811. The first-order valence-electron chi connectivity index (χ1n) is 7.35. The Labute approximate surface area is 126 Å². The molecule has 0 aromatic rings. The number of esters is 1. The SMILES string of the molecule is CC(C)[C@@H](NC(=O)C1CCCCS1)C(=O)OC(C)(C)C. The predicted octanol–water partition coefficient (Wildman–Crippen LogP) is 2.75. The molecule has 1 N–H and O–H groups in total. The van der Waals surface area contributed by atoms with Crippen molar-refractivity contribution in [1.82, 2.24) is 5.32 Å². The van der Waals surface area contributed by atoms with Crippen molar-refractivity contribution < 1.29 is 14.3 Å². The van der Waals surface area contributed by atoms with Crippen molar-refractivity contribution in [3.05, 3.63) is 0 Å². The minimum absolute atomic E-state index is 0.0161. The first kappa shape index (κ1) is 17.3. The average Bonchev–Trinajstić information content (AvgIpc) is 2.34. The van der Waals surface area contributed by atoms with Crippen molar-refractivity contribution in [2.45, 2.75) is 70.8 Å². The second-order valence-corrected chi connectivity index (χ2v) is 7.93. The number of nitrogens with one attached hydrogen (secondary N) is 1. The van der Waals surface area contributed by atoms with E-state index in [0.717, 1.165) is 18.6 Å². The van der Waals surface area contributed by atoms with Gasteiger partial charge in [-0.1, -0.05) is 20.3 Å². The number of hydrogen-bond acceptors (Lipinski definition) is 4. The third kappa shape index (κ3) is 5.73. The summed E-state index contributed by atoms with van der Waals surface area (Å²) in [6, 6.07) is -0.566. The fourth-order valence-corrected chi connectivity index (χ4v) is 3.26. The van der Waals surface area contributed by atoms with Gasteiger partial charge in [-0.3, -0.25) is 4.79 Å². The molecule has 1 aliphatic heterocycles. The van der Waals surface area contributed by atoms with Gasteiger partial charge in [-0.05, 0) is 45.3 Å². The van der Waals surface area contributed by atoms with Gasteiger partial charge in [0.15, 0.2) is 0 Å². The number of rotatable bonds is 4. The molecule has 5 heteroatoms. The lowest BCUT2D eigenvalue weighted by Gasteiger charge is -2.28. The molecule has 0 aliphatic carbocycles. The largest absolute Gasteiger partial charge is 0.458 e. The molecule has 1 unspecified atom stereocenters. The Morgan fingerprint density at radius 2 is 1.90 bits per heavy atom. The average molecular weight is 301 g/mol. The topological polar surface area (TPSA) is 55.4 Å². The Kier molecular flexibility index (Phi) is 6.37. The molecule has 2 atom stereocenters. The maximum atomic E-state index is 12.2. The van der Waals surface area contributed by atoms with E-state index in [-0.39, 0.29) is 23.0 Å². The standard InChI is InChI=1S/C15H27NO3S/c1-10(2)12(14(18)19-15(3,4)5)16-13(17)11-8-6-7-9-20-11/h10-12H,6-9H2,1-5H3,(H,16,17)/t11?,12-/m1/s1. The Balaban J connectivity index is 2.62. The zero-order valence-electron chi connectivity index (χ0n) is 13.2. The van der Waals surface area contributed by atoms with Crippen LogP contribution in [0.25, 0.3) is 0 Å². The van der Waals surface area contributed by atoms with Crippen LogP contribution in [0.2, 0.25) is 0 Å². The van der Waals surface area contributed by atoms with E-state index >= 15 is 0 Å². The first-order valence-corrected chi connectivity index (χ1v) is 8.40. The van der Waals surface area contributed by atoms with Gasteiger partial charge in [0.2, 0.25) is 5.91 Å². The van der Waals surface area contributed by atoms with Crippen LogP contribution < -0.4 is 5.32 Å². The third-order valence-corrected chi connectivity index (χ3v) is 4.47. The van der Waals surface area contributed by atoms with Crippen LogP contribution in [-0.2, 0) is 14.3 Å². The molecule has 1 rings (SSSR count). The highest BCUT2D eigenvalue weighted by atomic mass is 32.2. The third-order valence-electron chi connectivity index (χ3n) is 3.10. The summed E-state index contributed by atoms with van der Waals surface area (Å²) in [5.41, 5.74) is -0.533. The van der Waals surface area contributed by atoms with E-state index in [1.807, 2.05) is 34.6 Å². The van der Waals surface area contributed by atoms with E-state index in [1.165, 1.54) is 6.42 Å². The molecule has 1 heterocycles. The minimum atomic E-state index is -0.566. The zero-order valence-corrected chi connectivity index (χ0v) is 14.0. The Hall–Kier alpha value is -0.710. The van der Waals surface area contributed by atoms with Gasteiger partial charge < -0.3 is 10.1 Å². The van der Waals surface area contributed by atoms with Crippen molar-refractivity contribution in [2.75, 3.05) is 5.75 Å². The van der Waals surface area contributed by atoms with E-state index < -0.39 is 11.6 Å². The molecule has 0 aromatic carbocycles. The van der Waals surface area contributed by atoms with Crippen molar-refractivity contribution in [3.63, 3.8) is 0 Å². The van der Waals surface area contributed by atoms with Gasteiger partial charge in [0.1, 0.15) is 11.6 Å². The highest BCUT2D eigenvalue weighted by molar-refractivity contribution is 8.00. The van der Waals surface area contributed by atoms with Crippen molar-refractivity contribution in [3.8, 4) is 0 Å². The van der Waals surface area contributed by atoms with Gasteiger partial charge in [-0.15, -0.1) is 11.8 Å². The summed E-state index contributed by atoms with van der Waals surface area (Å²) in [6.07, 6.45) is 3.16. The highest BCUT2D eigenvalue weighted by Gasteiger charge is 2.31. The van der Waals surface area contributed by atoms with E-state index in [0.29, 0.717) is 0 Å². The van der Waals surface area contributed by atoms with Gasteiger partial charge in [0, 0.05) is 0 Å². The maximum Gasteiger partial charge on any atom is 0.329 e. The fourth-order valence-electron chi connectivity index (χ4n) is 2.06. The number of thioether (sulfide) groups is 1. The number of amides is 1. The molecule has 1 fully saturated rings. The van der Waals surface area contributed by atoms with Crippen LogP contribution in [0.5, 0.6) is 0 Å². The van der Waals surface area contributed by atoms with Crippen LogP contribution in [0.15, 0.2) is 0 Å². The zero-order chi connectivity index (χ0) is 15.3. The van der Waals surface area contributed by atoms with E-state index in [1.54, 1.807) is 11.8 Å². The number of ether oxygens (including phenoxy) is 1. The predicted molar refractivity (Wildman–Crippen MR) is 82.7 cm³/mol. The Bertz CT molecular complexity index is 344. The summed E-state index contributed by atoms with van der Waals surface area (Å²) in [6.45, 7) is 9.34. The molecule has 20 heavy (non-hydrogen) atoms. The molecule has 0 spiro atoms. The second kappa shape index (κ2) is 7.34. The molecule has 0 bridgehead atoms. The van der Waals surface area contributed by atoms with E-state index in [4.69, 9.17) is 4.74 Å². The van der Waals surface area contributed by atoms with Crippen molar-refractivity contribution >= 4 is 23.6 Å². The second-order valence-electron chi connectivity index (χ2n) is 6.62. The molecule has 0 saturated carbocycles. The molecule has 0 radical (unpaired) electrons. The van der Waals surface area contributed by atoms with E-state index in [2.05, 4.69) is 5.32 Å². The van der Waals surface area contributed by atoms with Crippen molar-refractivity contribution in [1.29, 1.82) is 0 Å². The summed E-state index contributed by atoms with van der Waals surface area (Å²) in [4.78, 5) is 24.4. The molecule has 0 aromatic heterocycles. The fraction of sp³-hybridized carbons (Fsp3) is 0.867. The van der Waals surface area contributed by atoms with Crippen LogP contribution in [0, 0.1) is 5.92 Å². The Morgan fingerprint density at radius 1 is 1.25 bits per heavy atom. The Morgan fingerprint density at radius 3 is 2.35 bits per heavy atom. The lowest BCUT2D eigenvalue weighted by Crippen LogP contribution is -2.50. The first-order chi connectivity index (χ1) is 9.20. The van der Waals surface area contributed by atoms with Gasteiger partial charge in [-0.25, -0.2) is 4.79 Å². The van der Waals surface area contributed by atoms with Gasteiger partial charge in [0.25, 0.3) is 0 Å². The molecule has 1 saturated heterocycles. The van der Waals surface area contributed by atoms with Crippen molar-refractivity contribution in [2.24, 2.45) is 5.92 Å². The number of carbonyl (C=O) groups is 2. The highest BCUT2D eigenvalue weighted by Crippen LogP contribution is 2.25. The normalized spacial score (nSPS) is 21.4.